The van der Waals surface area contributed by atoms with Crippen LogP contribution in [0.4, 0.5) is 0 Å². The van der Waals surface area contributed by atoms with E-state index in [0.29, 0.717) is 16.3 Å². The van der Waals surface area contributed by atoms with Crippen molar-refractivity contribution in [2.75, 3.05) is 6.54 Å². The van der Waals surface area contributed by atoms with Gasteiger partial charge in [-0.05, 0) is 62.5 Å². The molecule has 4 N–H and O–H groups in total. The van der Waals surface area contributed by atoms with Crippen molar-refractivity contribution < 1.29 is 0 Å². The number of fused-ring (bicyclic) bond motifs is 2. The molecule has 4 nitrogen and oxygen atoms in total. The molecule has 2 saturated carbocycles. The monoisotopic (exact) mass is 272 g/mol. The van der Waals surface area contributed by atoms with Gasteiger partial charge < -0.3 is 10.6 Å². The van der Waals surface area contributed by atoms with E-state index in [1.54, 1.807) is 0 Å². The van der Waals surface area contributed by atoms with Crippen LogP contribution in [0.15, 0.2) is 0 Å². The fourth-order valence-electron chi connectivity index (χ4n) is 2.94. The van der Waals surface area contributed by atoms with E-state index in [4.69, 9.17) is 24.4 Å². The molecule has 2 bridgehead atoms. The lowest BCUT2D eigenvalue weighted by Gasteiger charge is -2.24. The van der Waals surface area contributed by atoms with Crippen molar-refractivity contribution in [2.24, 2.45) is 11.8 Å². The Balaban J connectivity index is 1.66. The van der Waals surface area contributed by atoms with E-state index in [1.807, 2.05) is 6.92 Å². The summed E-state index contributed by atoms with van der Waals surface area (Å²) in [4.78, 5) is 0. The molecule has 96 valence electrons. The van der Waals surface area contributed by atoms with Crippen LogP contribution in [0.25, 0.3) is 0 Å². The summed E-state index contributed by atoms with van der Waals surface area (Å²) in [6.45, 7) is 2.81. The molecule has 0 aromatic carbocycles. The number of hydrazine groups is 1. The molecule has 0 heterocycles. The molecule has 0 aromatic heterocycles. The summed E-state index contributed by atoms with van der Waals surface area (Å²) < 4.78 is 0. The molecular weight excluding hydrogens is 252 g/mol. The summed E-state index contributed by atoms with van der Waals surface area (Å²) in [7, 11) is 0. The van der Waals surface area contributed by atoms with Crippen molar-refractivity contribution in [3.63, 3.8) is 0 Å². The molecule has 0 unspecified atom stereocenters. The summed E-state index contributed by atoms with van der Waals surface area (Å²) in [5.41, 5.74) is 5.79. The van der Waals surface area contributed by atoms with E-state index < -0.39 is 0 Å². The fraction of sp³-hybridized carbons (Fsp3) is 0.818. The highest BCUT2D eigenvalue weighted by Gasteiger charge is 2.39. The first-order chi connectivity index (χ1) is 8.19. The van der Waals surface area contributed by atoms with Crippen LogP contribution in [0.1, 0.15) is 32.6 Å². The van der Waals surface area contributed by atoms with Gasteiger partial charge in [-0.2, -0.15) is 0 Å². The van der Waals surface area contributed by atoms with Gasteiger partial charge in [0.2, 0.25) is 0 Å². The first kappa shape index (κ1) is 12.8. The highest BCUT2D eigenvalue weighted by Crippen LogP contribution is 2.44. The van der Waals surface area contributed by atoms with Crippen LogP contribution in [-0.2, 0) is 0 Å². The summed E-state index contributed by atoms with van der Waals surface area (Å²) in [5, 5.41) is 7.59. The maximum Gasteiger partial charge on any atom is 0.185 e. The number of rotatable bonds is 2. The standard InChI is InChI=1S/C11H20N4S2/c1-2-12-10(16)14-15-11(17)13-9-6-7-3-4-8(9)5-7/h7-9H,2-6H2,1H3,(H2,12,14,16)(H2,13,15,17)/t7-,8+,9-/m0/s1. The van der Waals surface area contributed by atoms with Crippen molar-refractivity contribution in [3.05, 3.63) is 0 Å². The molecule has 0 saturated heterocycles. The van der Waals surface area contributed by atoms with Crippen LogP contribution in [-0.4, -0.2) is 22.8 Å². The Morgan fingerprint density at radius 1 is 1.12 bits per heavy atom. The van der Waals surface area contributed by atoms with Gasteiger partial charge in [-0.15, -0.1) is 0 Å². The predicted octanol–water partition coefficient (Wildman–Crippen LogP) is 1.04. The van der Waals surface area contributed by atoms with E-state index in [0.717, 1.165) is 18.4 Å². The topological polar surface area (TPSA) is 48.1 Å². The third-order valence-corrected chi connectivity index (χ3v) is 4.15. The molecule has 17 heavy (non-hydrogen) atoms. The SMILES string of the molecule is CCNC(=S)NNC(=S)N[C@H]1C[C@H]2CC[C@@H]1C2. The molecule has 2 fully saturated rings. The molecule has 0 aromatic rings. The Bertz CT molecular complexity index is 308. The maximum absolute atomic E-state index is 5.24. The minimum absolute atomic E-state index is 0.559. The largest absolute Gasteiger partial charge is 0.362 e. The van der Waals surface area contributed by atoms with Crippen molar-refractivity contribution >= 4 is 34.7 Å². The van der Waals surface area contributed by atoms with Crippen LogP contribution in [0, 0.1) is 11.8 Å². The lowest BCUT2D eigenvalue weighted by atomic mass is 9.96. The Morgan fingerprint density at radius 2 is 1.88 bits per heavy atom. The first-order valence-corrected chi connectivity index (χ1v) is 7.11. The minimum atomic E-state index is 0.559. The zero-order valence-corrected chi connectivity index (χ0v) is 11.7. The second-order valence-electron chi connectivity index (χ2n) is 4.86. The van der Waals surface area contributed by atoms with E-state index in [9.17, 15) is 0 Å². The van der Waals surface area contributed by atoms with Gasteiger partial charge in [0.15, 0.2) is 10.2 Å². The van der Waals surface area contributed by atoms with Crippen molar-refractivity contribution in [2.45, 2.75) is 38.6 Å². The van der Waals surface area contributed by atoms with Crippen molar-refractivity contribution in [1.29, 1.82) is 0 Å². The maximum atomic E-state index is 5.24. The summed E-state index contributed by atoms with van der Waals surface area (Å²) in [6, 6.07) is 0.559. The average Bonchev–Trinajstić information content (AvgIpc) is 2.88. The Morgan fingerprint density at radius 3 is 2.47 bits per heavy atom. The van der Waals surface area contributed by atoms with Gasteiger partial charge in [-0.25, -0.2) is 0 Å². The molecule has 2 aliphatic carbocycles. The summed E-state index contributed by atoms with van der Waals surface area (Å²) >= 11 is 10.3. The van der Waals surface area contributed by atoms with Crippen molar-refractivity contribution in [1.82, 2.24) is 21.5 Å². The molecule has 0 amide bonds. The van der Waals surface area contributed by atoms with E-state index in [-0.39, 0.29) is 0 Å². The highest BCUT2D eigenvalue weighted by atomic mass is 32.1. The number of hydrogen-bond donors (Lipinski definition) is 4. The Hall–Kier alpha value is -0.620. The molecule has 6 heteroatoms. The lowest BCUT2D eigenvalue weighted by Crippen LogP contribution is -2.53. The van der Waals surface area contributed by atoms with Gasteiger partial charge in [0.25, 0.3) is 0 Å². The zero-order chi connectivity index (χ0) is 12.3. The minimum Gasteiger partial charge on any atom is -0.362 e. The van der Waals surface area contributed by atoms with Crippen LogP contribution in [0.3, 0.4) is 0 Å². The van der Waals surface area contributed by atoms with E-state index >= 15 is 0 Å². The number of hydrogen-bond acceptors (Lipinski definition) is 2. The molecule has 0 radical (unpaired) electrons. The smallest absolute Gasteiger partial charge is 0.185 e. The van der Waals surface area contributed by atoms with E-state index in [1.165, 1.54) is 25.7 Å². The van der Waals surface area contributed by atoms with Gasteiger partial charge in [0, 0.05) is 12.6 Å². The second-order valence-corrected chi connectivity index (χ2v) is 5.68. The summed E-state index contributed by atoms with van der Waals surface area (Å²) in [6.07, 6.45) is 5.41. The molecule has 3 atom stereocenters. The number of thiocarbonyl (C=S) groups is 2. The molecule has 0 spiro atoms. The van der Waals surface area contributed by atoms with Gasteiger partial charge >= 0.3 is 0 Å². The third kappa shape index (κ3) is 3.42. The second kappa shape index (κ2) is 5.82. The highest BCUT2D eigenvalue weighted by molar-refractivity contribution is 7.80. The predicted molar refractivity (Wildman–Crippen MR) is 77.5 cm³/mol. The van der Waals surface area contributed by atoms with Gasteiger partial charge in [-0.3, -0.25) is 10.9 Å². The summed E-state index contributed by atoms with van der Waals surface area (Å²) in [5.74, 6) is 1.75. The molecule has 2 aliphatic rings. The molecule has 0 aliphatic heterocycles. The van der Waals surface area contributed by atoms with Gasteiger partial charge in [-0.1, -0.05) is 6.42 Å². The average molecular weight is 272 g/mol. The van der Waals surface area contributed by atoms with E-state index in [2.05, 4.69) is 21.5 Å². The van der Waals surface area contributed by atoms with Gasteiger partial charge in [0.05, 0.1) is 0 Å². The van der Waals surface area contributed by atoms with Crippen molar-refractivity contribution in [3.8, 4) is 0 Å². The Kier molecular flexibility index (Phi) is 4.39. The fourth-order valence-corrected chi connectivity index (χ4v) is 3.34. The Labute approximate surface area is 113 Å². The first-order valence-electron chi connectivity index (χ1n) is 6.29. The van der Waals surface area contributed by atoms with Crippen LogP contribution in [0.5, 0.6) is 0 Å². The lowest BCUT2D eigenvalue weighted by molar-refractivity contribution is 0.389. The van der Waals surface area contributed by atoms with Crippen LogP contribution < -0.4 is 21.5 Å². The van der Waals surface area contributed by atoms with Crippen LogP contribution >= 0.6 is 24.4 Å². The third-order valence-electron chi connectivity index (χ3n) is 3.68. The molecule has 2 rings (SSSR count). The quantitative estimate of drug-likeness (QED) is 0.445. The van der Waals surface area contributed by atoms with Gasteiger partial charge in [0.1, 0.15) is 0 Å². The zero-order valence-electron chi connectivity index (χ0n) is 10.1. The normalized spacial score (nSPS) is 29.8. The number of nitrogens with one attached hydrogen (secondary N) is 4. The molecular formula is C11H20N4S2. The van der Waals surface area contributed by atoms with Crippen LogP contribution in [0.2, 0.25) is 0 Å².